The van der Waals surface area contributed by atoms with Crippen LogP contribution >= 0.6 is 0 Å². The summed E-state index contributed by atoms with van der Waals surface area (Å²) in [5.74, 6) is -0.293. The molecule has 0 bridgehead atoms. The van der Waals surface area contributed by atoms with Crippen LogP contribution in [0.4, 0.5) is 0 Å². The summed E-state index contributed by atoms with van der Waals surface area (Å²) in [6.07, 6.45) is -0.0330. The molecule has 1 aromatic heterocycles. The van der Waals surface area contributed by atoms with Gasteiger partial charge < -0.3 is 20.4 Å². The fourth-order valence-electron chi connectivity index (χ4n) is 1.87. The van der Waals surface area contributed by atoms with Crippen molar-refractivity contribution in [3.05, 3.63) is 34.2 Å². The highest BCUT2D eigenvalue weighted by molar-refractivity contribution is 5.92. The van der Waals surface area contributed by atoms with Gasteiger partial charge in [-0.15, -0.1) is 0 Å². The van der Waals surface area contributed by atoms with Crippen LogP contribution in [0.2, 0.25) is 0 Å². The number of aromatic nitrogens is 1. The summed E-state index contributed by atoms with van der Waals surface area (Å²) in [5, 5.41) is 5.96. The second kappa shape index (κ2) is 5.11. The molecule has 1 saturated heterocycles. The Hall–Kier alpha value is -1.66. The molecular weight excluding hydrogens is 222 g/mol. The Bertz CT molecular complexity index is 457. The first kappa shape index (κ1) is 11.8. The predicted molar refractivity (Wildman–Crippen MR) is 62.0 cm³/mol. The summed E-state index contributed by atoms with van der Waals surface area (Å²) in [6.45, 7) is 1.38. The van der Waals surface area contributed by atoms with Crippen LogP contribution < -0.4 is 16.2 Å². The van der Waals surface area contributed by atoms with Crippen molar-refractivity contribution in [2.45, 2.75) is 12.1 Å². The van der Waals surface area contributed by atoms with Crippen LogP contribution in [-0.4, -0.2) is 43.2 Å². The van der Waals surface area contributed by atoms with Crippen LogP contribution in [0.1, 0.15) is 10.5 Å². The number of pyridine rings is 1. The summed E-state index contributed by atoms with van der Waals surface area (Å²) in [5.41, 5.74) is -0.0234. The van der Waals surface area contributed by atoms with Crippen LogP contribution in [0.5, 0.6) is 0 Å². The van der Waals surface area contributed by atoms with E-state index < -0.39 is 0 Å². The molecule has 1 aromatic rings. The van der Waals surface area contributed by atoms with Crippen molar-refractivity contribution in [2.75, 3.05) is 20.2 Å². The first-order valence-corrected chi connectivity index (χ1v) is 5.44. The number of carbonyl (C=O) groups is 1. The lowest BCUT2D eigenvalue weighted by Crippen LogP contribution is -2.44. The monoisotopic (exact) mass is 237 g/mol. The molecule has 1 fully saturated rings. The van der Waals surface area contributed by atoms with Gasteiger partial charge in [-0.3, -0.25) is 9.59 Å². The van der Waals surface area contributed by atoms with E-state index in [-0.39, 0.29) is 29.3 Å². The van der Waals surface area contributed by atoms with Crippen LogP contribution in [0, 0.1) is 0 Å². The Balaban J connectivity index is 2.04. The van der Waals surface area contributed by atoms with Gasteiger partial charge in [0.15, 0.2) is 0 Å². The summed E-state index contributed by atoms with van der Waals surface area (Å²) in [6, 6.07) is 4.41. The lowest BCUT2D eigenvalue weighted by molar-refractivity contribution is 0.0776. The molecule has 0 radical (unpaired) electrons. The fraction of sp³-hybridized carbons (Fsp3) is 0.455. The van der Waals surface area contributed by atoms with E-state index in [1.165, 1.54) is 6.07 Å². The number of methoxy groups -OCH3 is 1. The Morgan fingerprint density at radius 2 is 2.29 bits per heavy atom. The molecule has 0 aromatic carbocycles. The third-order valence-corrected chi connectivity index (χ3v) is 2.79. The number of nitrogens with one attached hydrogen (secondary N) is 3. The second-order valence-corrected chi connectivity index (χ2v) is 3.94. The van der Waals surface area contributed by atoms with Crippen molar-refractivity contribution in [3.8, 4) is 0 Å². The van der Waals surface area contributed by atoms with Gasteiger partial charge >= 0.3 is 0 Å². The number of amides is 1. The average Bonchev–Trinajstić information content (AvgIpc) is 2.76. The van der Waals surface area contributed by atoms with E-state index in [0.29, 0.717) is 13.1 Å². The van der Waals surface area contributed by atoms with Crippen LogP contribution in [0.3, 0.4) is 0 Å². The fourth-order valence-corrected chi connectivity index (χ4v) is 1.87. The normalized spacial score (nSPS) is 23.6. The van der Waals surface area contributed by atoms with Crippen molar-refractivity contribution in [3.63, 3.8) is 0 Å². The van der Waals surface area contributed by atoms with Crippen molar-refractivity contribution in [1.82, 2.24) is 15.6 Å². The number of carbonyl (C=O) groups excluding carboxylic acids is 1. The SMILES string of the molecule is CO[C@H]1CNCC1NC(=O)c1cccc(=O)[nH]1. The molecule has 0 spiro atoms. The molecule has 2 atom stereocenters. The molecule has 1 amide bonds. The minimum Gasteiger partial charge on any atom is -0.378 e. The molecule has 1 unspecified atom stereocenters. The van der Waals surface area contributed by atoms with Crippen molar-refractivity contribution < 1.29 is 9.53 Å². The summed E-state index contributed by atoms with van der Waals surface area (Å²) in [7, 11) is 1.61. The maximum absolute atomic E-state index is 11.8. The zero-order valence-corrected chi connectivity index (χ0v) is 9.53. The van der Waals surface area contributed by atoms with E-state index in [1.807, 2.05) is 0 Å². The third-order valence-electron chi connectivity index (χ3n) is 2.79. The van der Waals surface area contributed by atoms with Gasteiger partial charge in [-0.25, -0.2) is 0 Å². The lowest BCUT2D eigenvalue weighted by Gasteiger charge is -2.18. The van der Waals surface area contributed by atoms with Gasteiger partial charge in [-0.2, -0.15) is 0 Å². The Kier molecular flexibility index (Phi) is 3.55. The number of H-pyrrole nitrogens is 1. The zero-order chi connectivity index (χ0) is 12.3. The molecule has 1 aliphatic rings. The summed E-state index contributed by atoms with van der Waals surface area (Å²) >= 11 is 0. The highest BCUT2D eigenvalue weighted by Gasteiger charge is 2.28. The molecule has 92 valence electrons. The second-order valence-electron chi connectivity index (χ2n) is 3.94. The molecule has 3 N–H and O–H groups in total. The average molecular weight is 237 g/mol. The molecule has 1 aliphatic heterocycles. The van der Waals surface area contributed by atoms with Crippen molar-refractivity contribution in [2.24, 2.45) is 0 Å². The summed E-state index contributed by atoms with van der Waals surface area (Å²) < 4.78 is 5.24. The van der Waals surface area contributed by atoms with Gasteiger partial charge in [-0.05, 0) is 6.07 Å². The van der Waals surface area contributed by atoms with Crippen molar-refractivity contribution >= 4 is 5.91 Å². The molecule has 6 heteroatoms. The number of rotatable bonds is 3. The molecule has 17 heavy (non-hydrogen) atoms. The smallest absolute Gasteiger partial charge is 0.268 e. The molecular formula is C11H15N3O3. The summed E-state index contributed by atoms with van der Waals surface area (Å²) in [4.78, 5) is 25.4. The van der Waals surface area contributed by atoms with E-state index in [2.05, 4.69) is 15.6 Å². The quantitative estimate of drug-likeness (QED) is 0.635. The van der Waals surface area contributed by atoms with Gasteiger partial charge in [-0.1, -0.05) is 6.07 Å². The van der Waals surface area contributed by atoms with Gasteiger partial charge in [0.25, 0.3) is 5.91 Å². The first-order chi connectivity index (χ1) is 8.20. The van der Waals surface area contributed by atoms with E-state index >= 15 is 0 Å². The predicted octanol–water partition coefficient (Wildman–Crippen LogP) is -0.908. The topological polar surface area (TPSA) is 83.2 Å². The van der Waals surface area contributed by atoms with Gasteiger partial charge in [0.1, 0.15) is 5.69 Å². The zero-order valence-electron chi connectivity index (χ0n) is 9.53. The molecule has 0 aliphatic carbocycles. The van der Waals surface area contributed by atoms with E-state index in [0.717, 1.165) is 0 Å². The molecule has 0 saturated carbocycles. The van der Waals surface area contributed by atoms with Crippen LogP contribution in [0.25, 0.3) is 0 Å². The Morgan fingerprint density at radius 1 is 1.47 bits per heavy atom. The molecule has 6 nitrogen and oxygen atoms in total. The van der Waals surface area contributed by atoms with Crippen LogP contribution in [-0.2, 0) is 4.74 Å². The third kappa shape index (κ3) is 2.72. The van der Waals surface area contributed by atoms with Crippen LogP contribution in [0.15, 0.2) is 23.0 Å². The van der Waals surface area contributed by atoms with Gasteiger partial charge in [0, 0.05) is 26.3 Å². The number of hydrogen-bond donors (Lipinski definition) is 3. The van der Waals surface area contributed by atoms with E-state index in [4.69, 9.17) is 4.74 Å². The Morgan fingerprint density at radius 3 is 3.00 bits per heavy atom. The van der Waals surface area contributed by atoms with Gasteiger partial charge in [0.2, 0.25) is 5.56 Å². The minimum atomic E-state index is -0.293. The maximum Gasteiger partial charge on any atom is 0.268 e. The van der Waals surface area contributed by atoms with Gasteiger partial charge in [0.05, 0.1) is 12.1 Å². The van der Waals surface area contributed by atoms with E-state index in [9.17, 15) is 9.59 Å². The number of aromatic amines is 1. The largest absolute Gasteiger partial charge is 0.378 e. The standard InChI is InChI=1S/C11H15N3O3/c1-17-9-6-12-5-8(9)14-11(16)7-3-2-4-10(15)13-7/h2-4,8-9,12H,5-6H2,1H3,(H,13,15)(H,14,16)/t8?,9-/m0/s1. The number of ether oxygens (including phenoxy) is 1. The first-order valence-electron chi connectivity index (χ1n) is 5.44. The highest BCUT2D eigenvalue weighted by atomic mass is 16.5. The molecule has 2 heterocycles. The molecule has 2 rings (SSSR count). The number of hydrogen-bond acceptors (Lipinski definition) is 4. The maximum atomic E-state index is 11.8. The lowest BCUT2D eigenvalue weighted by atomic mass is 10.2. The van der Waals surface area contributed by atoms with E-state index in [1.54, 1.807) is 19.2 Å². The highest BCUT2D eigenvalue weighted by Crippen LogP contribution is 2.04. The minimum absolute atomic E-state index is 0.0330. The van der Waals surface area contributed by atoms with Crippen molar-refractivity contribution in [1.29, 1.82) is 0 Å². The Labute approximate surface area is 98.4 Å².